The van der Waals surface area contributed by atoms with Crippen LogP contribution in [0.4, 0.5) is 11.4 Å². The molecule has 0 aliphatic carbocycles. The number of carbonyl (C=O) groups excluding carboxylic acids is 1. The summed E-state index contributed by atoms with van der Waals surface area (Å²) in [5, 5.41) is 2.71. The number of quaternary nitrogens is 1. The molecule has 2 N–H and O–H groups in total. The smallest absolute Gasteiger partial charge is 0.271 e. The van der Waals surface area contributed by atoms with Crippen molar-refractivity contribution in [2.45, 2.75) is 20.3 Å². The Balaban J connectivity index is 1.89. The van der Waals surface area contributed by atoms with Gasteiger partial charge in [0.2, 0.25) is 0 Å². The van der Waals surface area contributed by atoms with Crippen molar-refractivity contribution in [2.24, 2.45) is 0 Å². The van der Waals surface area contributed by atoms with E-state index in [-0.39, 0.29) is 17.2 Å². The van der Waals surface area contributed by atoms with Gasteiger partial charge in [-0.15, -0.1) is 0 Å². The predicted molar refractivity (Wildman–Crippen MR) is 116 cm³/mol. The molecule has 2 heterocycles. The van der Waals surface area contributed by atoms with Crippen LogP contribution in [0.5, 0.6) is 0 Å². The predicted octanol–water partition coefficient (Wildman–Crippen LogP) is 3.15. The number of rotatable bonds is 5. The number of anilines is 1. The Morgan fingerprint density at radius 2 is 1.86 bits per heavy atom. The summed E-state index contributed by atoms with van der Waals surface area (Å²) in [6, 6.07) is 8.98. The summed E-state index contributed by atoms with van der Waals surface area (Å²) in [4.78, 5) is 36.4. The minimum Gasteiger partial charge on any atom is -0.327 e. The summed E-state index contributed by atoms with van der Waals surface area (Å²) in [5.74, 6) is 0.383. The fourth-order valence-corrected chi connectivity index (χ4v) is 2.91. The number of hydrogen-bond donors (Lipinski definition) is 2. The molecule has 3 rings (SSSR count). The lowest BCUT2D eigenvalue weighted by molar-refractivity contribution is 0.102. The summed E-state index contributed by atoms with van der Waals surface area (Å²) in [6.07, 6.45) is 4.08. The van der Waals surface area contributed by atoms with Crippen molar-refractivity contribution in [2.75, 3.05) is 26.5 Å². The molecule has 2 aromatic heterocycles. The molecule has 0 fully saturated rings. The first-order chi connectivity index (χ1) is 13.7. The maximum atomic E-state index is 12.6. The van der Waals surface area contributed by atoms with Crippen LogP contribution in [0.15, 0.2) is 47.5 Å². The van der Waals surface area contributed by atoms with Gasteiger partial charge >= 0.3 is 0 Å². The molecule has 1 aromatic carbocycles. The lowest BCUT2D eigenvalue weighted by atomic mass is 10.1. The van der Waals surface area contributed by atoms with E-state index in [4.69, 9.17) is 0 Å². The SMILES string of the molecule is CCc1ncc(C)c(-c2c[nH]c(=O)c(NC(=O)c3ccc([N+](C)(C)C)cc3)c2)n1. The molecule has 0 radical (unpaired) electrons. The van der Waals surface area contributed by atoms with E-state index >= 15 is 0 Å². The fourth-order valence-electron chi connectivity index (χ4n) is 2.91. The van der Waals surface area contributed by atoms with Gasteiger partial charge < -0.3 is 10.3 Å². The average molecular weight is 392 g/mol. The van der Waals surface area contributed by atoms with Crippen molar-refractivity contribution in [3.05, 3.63) is 70.0 Å². The van der Waals surface area contributed by atoms with Crippen LogP contribution in [-0.4, -0.2) is 42.0 Å². The molecule has 0 saturated carbocycles. The molecular formula is C22H26N5O2+. The van der Waals surface area contributed by atoms with Gasteiger partial charge in [-0.3, -0.25) is 14.1 Å². The molecule has 0 spiro atoms. The lowest BCUT2D eigenvalue weighted by Crippen LogP contribution is -2.34. The topological polar surface area (TPSA) is 87.7 Å². The number of pyridine rings is 1. The maximum absolute atomic E-state index is 12.6. The van der Waals surface area contributed by atoms with Gasteiger partial charge in [-0.1, -0.05) is 6.92 Å². The zero-order valence-corrected chi connectivity index (χ0v) is 17.4. The van der Waals surface area contributed by atoms with E-state index in [0.29, 0.717) is 16.5 Å². The zero-order valence-electron chi connectivity index (χ0n) is 17.4. The van der Waals surface area contributed by atoms with Crippen molar-refractivity contribution >= 4 is 17.3 Å². The molecule has 0 saturated heterocycles. The van der Waals surface area contributed by atoms with E-state index in [9.17, 15) is 9.59 Å². The number of nitrogens with one attached hydrogen (secondary N) is 2. The van der Waals surface area contributed by atoms with Crippen LogP contribution in [0.25, 0.3) is 11.3 Å². The molecule has 0 bridgehead atoms. The number of aromatic nitrogens is 3. The van der Waals surface area contributed by atoms with Crippen LogP contribution in [0, 0.1) is 6.92 Å². The standard InChI is InChI=1S/C22H25N5O2/c1-6-19-23-12-14(2)20(26-19)16-11-18(22(29)24-13-16)25-21(28)15-7-9-17(10-8-15)27(3,4)5/h7-13H,6H2,1-5H3,(H-,23,24,25,26,28,29)/p+1. The molecule has 29 heavy (non-hydrogen) atoms. The Kier molecular flexibility index (Phi) is 5.61. The Bertz CT molecular complexity index is 1100. The highest BCUT2D eigenvalue weighted by Gasteiger charge is 2.15. The highest BCUT2D eigenvalue weighted by molar-refractivity contribution is 6.04. The molecule has 1 amide bonds. The van der Waals surface area contributed by atoms with E-state index in [2.05, 4.69) is 41.4 Å². The van der Waals surface area contributed by atoms with E-state index in [1.165, 1.54) is 0 Å². The Hall–Kier alpha value is -3.32. The first kappa shape index (κ1) is 20.4. The number of aromatic amines is 1. The highest BCUT2D eigenvalue weighted by Crippen LogP contribution is 2.22. The Morgan fingerprint density at radius 1 is 1.17 bits per heavy atom. The van der Waals surface area contributed by atoms with Crippen LogP contribution in [0.3, 0.4) is 0 Å². The van der Waals surface area contributed by atoms with E-state index in [1.54, 1.807) is 30.6 Å². The van der Waals surface area contributed by atoms with Crippen molar-refractivity contribution in [1.82, 2.24) is 19.4 Å². The monoisotopic (exact) mass is 392 g/mol. The van der Waals surface area contributed by atoms with E-state index in [1.807, 2.05) is 26.0 Å². The van der Waals surface area contributed by atoms with E-state index < -0.39 is 0 Å². The third-order valence-corrected chi connectivity index (χ3v) is 4.67. The number of carbonyl (C=O) groups is 1. The van der Waals surface area contributed by atoms with Gasteiger partial charge in [-0.2, -0.15) is 0 Å². The fraction of sp³-hybridized carbons (Fsp3) is 0.273. The average Bonchev–Trinajstić information content (AvgIpc) is 2.69. The minimum atomic E-state index is -0.368. The molecule has 7 heteroatoms. The Labute approximate surface area is 170 Å². The number of amides is 1. The normalized spacial score (nSPS) is 11.3. The molecule has 0 aliphatic heterocycles. The second-order valence-corrected chi connectivity index (χ2v) is 7.82. The van der Waals surface area contributed by atoms with Gasteiger partial charge in [0, 0.05) is 29.9 Å². The summed E-state index contributed by atoms with van der Waals surface area (Å²) in [6.45, 7) is 3.89. The van der Waals surface area contributed by atoms with Crippen LogP contribution in [-0.2, 0) is 6.42 Å². The van der Waals surface area contributed by atoms with Gasteiger partial charge in [0.05, 0.1) is 26.8 Å². The van der Waals surface area contributed by atoms with Crippen molar-refractivity contribution < 1.29 is 4.79 Å². The maximum Gasteiger partial charge on any atom is 0.271 e. The molecule has 7 nitrogen and oxygen atoms in total. The number of hydrogen-bond acceptors (Lipinski definition) is 4. The molecule has 0 aliphatic rings. The minimum absolute atomic E-state index is 0.180. The van der Waals surface area contributed by atoms with Crippen molar-refractivity contribution in [3.63, 3.8) is 0 Å². The second-order valence-electron chi connectivity index (χ2n) is 7.82. The largest absolute Gasteiger partial charge is 0.327 e. The van der Waals surface area contributed by atoms with E-state index in [0.717, 1.165) is 28.3 Å². The van der Waals surface area contributed by atoms with Gasteiger partial charge in [0.15, 0.2) is 0 Å². The summed E-state index contributed by atoms with van der Waals surface area (Å²) >= 11 is 0. The van der Waals surface area contributed by atoms with Crippen LogP contribution in [0.2, 0.25) is 0 Å². The molecular weight excluding hydrogens is 366 g/mol. The molecule has 0 unspecified atom stereocenters. The summed E-state index contributed by atoms with van der Waals surface area (Å²) < 4.78 is 0.654. The number of nitrogens with zero attached hydrogens (tertiary/aromatic N) is 3. The third-order valence-electron chi connectivity index (χ3n) is 4.67. The zero-order chi connectivity index (χ0) is 21.2. The molecule has 150 valence electrons. The van der Waals surface area contributed by atoms with Crippen LogP contribution in [0.1, 0.15) is 28.7 Å². The van der Waals surface area contributed by atoms with Crippen molar-refractivity contribution in [3.8, 4) is 11.3 Å². The van der Waals surface area contributed by atoms with Gasteiger partial charge in [-0.05, 0) is 42.8 Å². The second kappa shape index (κ2) is 7.97. The molecule has 3 aromatic rings. The third kappa shape index (κ3) is 4.57. The molecule has 0 atom stereocenters. The summed E-state index contributed by atoms with van der Waals surface area (Å²) in [5.41, 5.74) is 3.71. The van der Waals surface area contributed by atoms with Gasteiger partial charge in [0.1, 0.15) is 17.2 Å². The number of H-pyrrole nitrogens is 1. The Morgan fingerprint density at radius 3 is 2.48 bits per heavy atom. The first-order valence-electron chi connectivity index (χ1n) is 9.48. The lowest BCUT2D eigenvalue weighted by Gasteiger charge is -2.23. The summed E-state index contributed by atoms with van der Waals surface area (Å²) in [7, 11) is 6.16. The van der Waals surface area contributed by atoms with Gasteiger partial charge in [-0.25, -0.2) is 9.97 Å². The van der Waals surface area contributed by atoms with Crippen molar-refractivity contribution in [1.29, 1.82) is 0 Å². The first-order valence-corrected chi connectivity index (χ1v) is 9.48. The highest BCUT2D eigenvalue weighted by atomic mass is 16.2. The van der Waals surface area contributed by atoms with Crippen LogP contribution < -0.4 is 15.4 Å². The number of aryl methyl sites for hydroxylation is 2. The van der Waals surface area contributed by atoms with Crippen LogP contribution >= 0.6 is 0 Å². The quantitative estimate of drug-likeness (QED) is 0.653. The van der Waals surface area contributed by atoms with Gasteiger partial charge in [0.25, 0.3) is 11.5 Å². The number of benzene rings is 1.